The van der Waals surface area contributed by atoms with Crippen molar-refractivity contribution in [2.45, 2.75) is 39.0 Å². The SMILES string of the molecule is Cc1nnc(C(CC(=O)Nc2ccc(C(C)C)cc2)c2ccccc2)o1. The minimum absolute atomic E-state index is 0.0907. The van der Waals surface area contributed by atoms with E-state index in [1.54, 1.807) is 6.92 Å². The molecule has 0 bridgehead atoms. The molecule has 1 N–H and O–H groups in total. The maximum absolute atomic E-state index is 12.6. The monoisotopic (exact) mass is 349 g/mol. The molecule has 0 saturated heterocycles. The maximum Gasteiger partial charge on any atom is 0.225 e. The first-order valence-electron chi connectivity index (χ1n) is 8.77. The Hall–Kier alpha value is -2.95. The van der Waals surface area contributed by atoms with E-state index >= 15 is 0 Å². The first-order valence-corrected chi connectivity index (χ1v) is 8.77. The first-order chi connectivity index (χ1) is 12.5. The van der Waals surface area contributed by atoms with Gasteiger partial charge in [-0.25, -0.2) is 0 Å². The summed E-state index contributed by atoms with van der Waals surface area (Å²) in [7, 11) is 0. The Labute approximate surface area is 153 Å². The van der Waals surface area contributed by atoms with Gasteiger partial charge in [0.25, 0.3) is 0 Å². The molecule has 1 atom stereocenters. The van der Waals surface area contributed by atoms with Gasteiger partial charge in [0.1, 0.15) is 0 Å². The molecule has 0 aliphatic heterocycles. The van der Waals surface area contributed by atoms with Crippen LogP contribution in [0.2, 0.25) is 0 Å². The van der Waals surface area contributed by atoms with Crippen molar-refractivity contribution in [1.29, 1.82) is 0 Å². The summed E-state index contributed by atoms with van der Waals surface area (Å²) in [4.78, 5) is 12.6. The van der Waals surface area contributed by atoms with Crippen molar-refractivity contribution in [2.75, 3.05) is 5.32 Å². The van der Waals surface area contributed by atoms with Gasteiger partial charge in [0.05, 0.1) is 5.92 Å². The number of benzene rings is 2. The number of nitrogens with one attached hydrogen (secondary N) is 1. The van der Waals surface area contributed by atoms with Crippen LogP contribution < -0.4 is 5.32 Å². The molecule has 3 rings (SSSR count). The number of rotatable bonds is 6. The third-order valence-corrected chi connectivity index (χ3v) is 4.29. The van der Waals surface area contributed by atoms with Crippen LogP contribution in [0.4, 0.5) is 5.69 Å². The lowest BCUT2D eigenvalue weighted by molar-refractivity contribution is -0.116. The van der Waals surface area contributed by atoms with E-state index in [4.69, 9.17) is 4.42 Å². The topological polar surface area (TPSA) is 68.0 Å². The maximum atomic E-state index is 12.6. The van der Waals surface area contributed by atoms with E-state index in [1.807, 2.05) is 54.6 Å². The highest BCUT2D eigenvalue weighted by molar-refractivity contribution is 5.91. The van der Waals surface area contributed by atoms with Crippen LogP contribution in [0.5, 0.6) is 0 Å². The standard InChI is InChI=1S/C21H23N3O2/c1-14(2)16-9-11-18(12-10-16)22-20(25)13-19(17-7-5-4-6-8-17)21-24-23-15(3)26-21/h4-12,14,19H,13H2,1-3H3,(H,22,25). The molecular weight excluding hydrogens is 326 g/mol. The fraction of sp³-hybridized carbons (Fsp3) is 0.286. The van der Waals surface area contributed by atoms with Crippen molar-refractivity contribution < 1.29 is 9.21 Å². The van der Waals surface area contributed by atoms with Crippen molar-refractivity contribution >= 4 is 11.6 Å². The molecule has 134 valence electrons. The number of carbonyl (C=O) groups excluding carboxylic acids is 1. The fourth-order valence-electron chi connectivity index (χ4n) is 2.83. The predicted molar refractivity (Wildman–Crippen MR) is 101 cm³/mol. The number of aryl methyl sites for hydroxylation is 1. The highest BCUT2D eigenvalue weighted by Crippen LogP contribution is 2.27. The number of hydrogen-bond acceptors (Lipinski definition) is 4. The number of anilines is 1. The second kappa shape index (κ2) is 7.95. The van der Waals surface area contributed by atoms with Gasteiger partial charge >= 0.3 is 0 Å². The third-order valence-electron chi connectivity index (χ3n) is 4.29. The minimum atomic E-state index is -0.271. The fourth-order valence-corrected chi connectivity index (χ4v) is 2.83. The third kappa shape index (κ3) is 4.36. The summed E-state index contributed by atoms with van der Waals surface area (Å²) in [5.41, 5.74) is 3.00. The van der Waals surface area contributed by atoms with Gasteiger partial charge in [0, 0.05) is 19.0 Å². The van der Waals surface area contributed by atoms with Crippen LogP contribution in [0.3, 0.4) is 0 Å². The number of hydrogen-bond donors (Lipinski definition) is 1. The lowest BCUT2D eigenvalue weighted by Crippen LogP contribution is -2.16. The molecular formula is C21H23N3O2. The van der Waals surface area contributed by atoms with Gasteiger partial charge in [0.15, 0.2) is 0 Å². The van der Waals surface area contributed by atoms with Crippen LogP contribution in [-0.2, 0) is 4.79 Å². The lowest BCUT2D eigenvalue weighted by atomic mass is 9.95. The molecule has 3 aromatic rings. The average Bonchev–Trinajstić information content (AvgIpc) is 3.07. The van der Waals surface area contributed by atoms with Gasteiger partial charge in [-0.1, -0.05) is 56.3 Å². The van der Waals surface area contributed by atoms with Crippen molar-refractivity contribution in [3.63, 3.8) is 0 Å². The highest BCUT2D eigenvalue weighted by Gasteiger charge is 2.23. The van der Waals surface area contributed by atoms with Crippen LogP contribution in [0.1, 0.15) is 55.0 Å². The molecule has 0 saturated carbocycles. The predicted octanol–water partition coefficient (Wildman–Crippen LogP) is 4.66. The highest BCUT2D eigenvalue weighted by atomic mass is 16.4. The number of carbonyl (C=O) groups is 1. The zero-order valence-electron chi connectivity index (χ0n) is 15.3. The van der Waals surface area contributed by atoms with E-state index < -0.39 is 0 Å². The van der Waals surface area contributed by atoms with Gasteiger partial charge in [-0.3, -0.25) is 4.79 Å². The molecule has 1 aromatic heterocycles. The zero-order chi connectivity index (χ0) is 18.5. The molecule has 0 aliphatic rings. The van der Waals surface area contributed by atoms with Crippen LogP contribution in [0, 0.1) is 6.92 Å². The minimum Gasteiger partial charge on any atom is -0.425 e. The quantitative estimate of drug-likeness (QED) is 0.702. The van der Waals surface area contributed by atoms with Gasteiger partial charge in [-0.05, 0) is 29.2 Å². The van der Waals surface area contributed by atoms with Crippen molar-refractivity contribution in [3.05, 3.63) is 77.5 Å². The zero-order valence-corrected chi connectivity index (χ0v) is 15.3. The molecule has 1 heterocycles. The normalized spacial score (nSPS) is 12.2. The van der Waals surface area contributed by atoms with Crippen LogP contribution >= 0.6 is 0 Å². The Balaban J connectivity index is 1.75. The second-order valence-electron chi connectivity index (χ2n) is 6.65. The van der Waals surface area contributed by atoms with Crippen molar-refractivity contribution in [2.24, 2.45) is 0 Å². The molecule has 2 aromatic carbocycles. The molecule has 5 heteroatoms. The summed E-state index contributed by atoms with van der Waals surface area (Å²) in [5.74, 6) is 1.05. The van der Waals surface area contributed by atoms with Crippen LogP contribution in [0.25, 0.3) is 0 Å². The van der Waals surface area contributed by atoms with Crippen LogP contribution in [-0.4, -0.2) is 16.1 Å². The molecule has 26 heavy (non-hydrogen) atoms. The van der Waals surface area contributed by atoms with E-state index in [-0.39, 0.29) is 18.2 Å². The molecule has 0 spiro atoms. The Morgan fingerprint density at radius 3 is 2.27 bits per heavy atom. The van der Waals surface area contributed by atoms with Gasteiger partial charge < -0.3 is 9.73 Å². The summed E-state index contributed by atoms with van der Waals surface area (Å²) in [5, 5.41) is 11.0. The molecule has 5 nitrogen and oxygen atoms in total. The second-order valence-corrected chi connectivity index (χ2v) is 6.65. The summed E-state index contributed by atoms with van der Waals surface area (Å²) >= 11 is 0. The van der Waals surface area contributed by atoms with E-state index in [0.29, 0.717) is 17.7 Å². The molecule has 0 radical (unpaired) electrons. The molecule has 1 unspecified atom stereocenters. The lowest BCUT2D eigenvalue weighted by Gasteiger charge is -2.14. The van der Waals surface area contributed by atoms with Gasteiger partial charge in [0.2, 0.25) is 17.7 Å². The summed E-state index contributed by atoms with van der Waals surface area (Å²) in [6, 6.07) is 17.7. The van der Waals surface area contributed by atoms with E-state index in [0.717, 1.165) is 11.3 Å². The number of amides is 1. The first kappa shape index (κ1) is 17.9. The van der Waals surface area contributed by atoms with Gasteiger partial charge in [-0.2, -0.15) is 0 Å². The van der Waals surface area contributed by atoms with Gasteiger partial charge in [-0.15, -0.1) is 10.2 Å². The van der Waals surface area contributed by atoms with E-state index in [2.05, 4.69) is 29.4 Å². The Bertz CT molecular complexity index is 854. The summed E-state index contributed by atoms with van der Waals surface area (Å²) in [6.07, 6.45) is 0.234. The van der Waals surface area contributed by atoms with Crippen LogP contribution in [0.15, 0.2) is 59.0 Å². The largest absolute Gasteiger partial charge is 0.425 e. The van der Waals surface area contributed by atoms with Crippen molar-refractivity contribution in [3.8, 4) is 0 Å². The Kier molecular flexibility index (Phi) is 5.46. The average molecular weight is 349 g/mol. The molecule has 1 amide bonds. The molecule has 0 aliphatic carbocycles. The van der Waals surface area contributed by atoms with Crippen molar-refractivity contribution in [1.82, 2.24) is 10.2 Å². The smallest absolute Gasteiger partial charge is 0.225 e. The number of nitrogens with zero attached hydrogens (tertiary/aromatic N) is 2. The Morgan fingerprint density at radius 2 is 1.69 bits per heavy atom. The number of aromatic nitrogens is 2. The summed E-state index contributed by atoms with van der Waals surface area (Å²) in [6.45, 7) is 6.03. The molecule has 0 fully saturated rings. The Morgan fingerprint density at radius 1 is 1.00 bits per heavy atom. The van der Waals surface area contributed by atoms with E-state index in [1.165, 1.54) is 5.56 Å². The summed E-state index contributed by atoms with van der Waals surface area (Å²) < 4.78 is 5.59. The van der Waals surface area contributed by atoms with E-state index in [9.17, 15) is 4.79 Å².